The molecule has 0 aromatic carbocycles. The fraction of sp³-hybridized carbons (Fsp3) is 0.900. The van der Waals surface area contributed by atoms with Gasteiger partial charge in [-0.25, -0.2) is 0 Å². The topological polar surface area (TPSA) is 32.3 Å². The zero-order chi connectivity index (χ0) is 10.7. The second kappa shape index (κ2) is 4.97. The van der Waals surface area contributed by atoms with Gasteiger partial charge in [0.25, 0.3) is 0 Å². The van der Waals surface area contributed by atoms with Crippen LogP contribution in [0.2, 0.25) is 0 Å². The molecule has 0 radical (unpaired) electrons. The van der Waals surface area contributed by atoms with E-state index < -0.39 is 0 Å². The number of amides is 1. The number of rotatable bonds is 3. The highest BCUT2D eigenvalue weighted by Gasteiger charge is 2.43. The van der Waals surface area contributed by atoms with Gasteiger partial charge in [0, 0.05) is 18.8 Å². The minimum Gasteiger partial charge on any atom is -0.356 e. The number of piperidine rings is 1. The van der Waals surface area contributed by atoms with E-state index in [9.17, 15) is 4.79 Å². The Labute approximate surface area is 100 Å². The average molecular weight is 246 g/mol. The number of nitrogens with one attached hydrogen (secondary N) is 1. The Bertz CT molecular complexity index is 240. The Balaban J connectivity index is 1.83. The van der Waals surface area contributed by atoms with Gasteiger partial charge in [-0.3, -0.25) is 4.79 Å². The van der Waals surface area contributed by atoms with Crippen molar-refractivity contribution in [1.29, 1.82) is 0 Å². The second-order valence-electron chi connectivity index (χ2n) is 4.46. The van der Waals surface area contributed by atoms with Crippen molar-refractivity contribution < 1.29 is 4.79 Å². The molecule has 3 nitrogen and oxygen atoms in total. The molecule has 1 N–H and O–H groups in total. The van der Waals surface area contributed by atoms with Crippen LogP contribution in [0.15, 0.2) is 0 Å². The van der Waals surface area contributed by atoms with E-state index in [0.29, 0.717) is 5.91 Å². The summed E-state index contributed by atoms with van der Waals surface area (Å²) in [5.74, 6) is 1.37. The third-order valence-electron chi connectivity index (χ3n) is 3.68. The molecule has 0 unspecified atom stereocenters. The predicted molar refractivity (Wildman–Crippen MR) is 67.2 cm³/mol. The van der Waals surface area contributed by atoms with Crippen LogP contribution in [0.3, 0.4) is 0 Å². The lowest BCUT2D eigenvalue weighted by atomic mass is 9.77. The van der Waals surface area contributed by atoms with E-state index >= 15 is 0 Å². The predicted octanol–water partition coefficient (Wildman–Crippen LogP) is 1.17. The summed E-state index contributed by atoms with van der Waals surface area (Å²) in [6, 6.07) is 0. The highest BCUT2D eigenvalue weighted by Crippen LogP contribution is 2.37. The maximum Gasteiger partial charge on any atom is 0.226 e. The summed E-state index contributed by atoms with van der Waals surface area (Å²) in [4.78, 5) is 14.2. The molecule has 2 aliphatic rings. The van der Waals surface area contributed by atoms with E-state index in [4.69, 9.17) is 0 Å². The highest BCUT2D eigenvalue weighted by molar-refractivity contribution is 8.68. The van der Waals surface area contributed by atoms with E-state index in [0.717, 1.165) is 51.2 Å². The van der Waals surface area contributed by atoms with Crippen LogP contribution in [0, 0.1) is 5.41 Å². The molecule has 0 aromatic heterocycles. The number of nitrogens with zero attached hydrogens (tertiary/aromatic N) is 1. The first-order valence-corrected chi connectivity index (χ1v) is 7.58. The molecule has 2 heterocycles. The summed E-state index contributed by atoms with van der Waals surface area (Å²) >= 11 is 4.14. The Morgan fingerprint density at radius 1 is 1.40 bits per heavy atom. The number of hydrogen-bond acceptors (Lipinski definition) is 4. The molecule has 86 valence electrons. The van der Waals surface area contributed by atoms with E-state index in [-0.39, 0.29) is 5.41 Å². The molecule has 0 aliphatic carbocycles. The lowest BCUT2D eigenvalue weighted by molar-refractivity contribution is -0.129. The number of likely N-dealkylation sites (tertiary alicyclic amines) is 1. The first kappa shape index (κ1) is 11.6. The fourth-order valence-electron chi connectivity index (χ4n) is 2.57. The smallest absolute Gasteiger partial charge is 0.226 e. The van der Waals surface area contributed by atoms with E-state index in [2.05, 4.69) is 21.9 Å². The highest BCUT2D eigenvalue weighted by atomic mass is 33.1. The Morgan fingerprint density at radius 2 is 2.13 bits per heavy atom. The maximum atomic E-state index is 11.7. The van der Waals surface area contributed by atoms with Crippen molar-refractivity contribution in [3.8, 4) is 0 Å². The van der Waals surface area contributed by atoms with Crippen molar-refractivity contribution in [3.63, 3.8) is 0 Å². The first-order valence-electron chi connectivity index (χ1n) is 5.54. The first-order chi connectivity index (χ1) is 7.27. The van der Waals surface area contributed by atoms with Crippen LogP contribution in [0.1, 0.15) is 19.3 Å². The monoisotopic (exact) mass is 246 g/mol. The largest absolute Gasteiger partial charge is 0.356 e. The number of thiol groups is 1. The quantitative estimate of drug-likeness (QED) is 0.579. The van der Waals surface area contributed by atoms with Crippen molar-refractivity contribution >= 4 is 28.4 Å². The van der Waals surface area contributed by atoms with Crippen LogP contribution in [-0.4, -0.2) is 42.7 Å². The molecular weight excluding hydrogens is 228 g/mol. The van der Waals surface area contributed by atoms with Gasteiger partial charge in [0.05, 0.1) is 5.41 Å². The SMILES string of the molecule is O=C1NCCC12CCN(CCSS)CC2. The Morgan fingerprint density at radius 3 is 2.67 bits per heavy atom. The van der Waals surface area contributed by atoms with Crippen molar-refractivity contribution in [2.24, 2.45) is 5.41 Å². The third-order valence-corrected chi connectivity index (χ3v) is 4.60. The maximum absolute atomic E-state index is 11.7. The van der Waals surface area contributed by atoms with Gasteiger partial charge in [-0.05, 0) is 32.4 Å². The van der Waals surface area contributed by atoms with Gasteiger partial charge in [0.2, 0.25) is 5.91 Å². The summed E-state index contributed by atoms with van der Waals surface area (Å²) < 4.78 is 0. The minimum atomic E-state index is -0.00932. The summed E-state index contributed by atoms with van der Waals surface area (Å²) in [5, 5.41) is 2.96. The number of carbonyl (C=O) groups excluding carboxylic acids is 1. The van der Waals surface area contributed by atoms with Gasteiger partial charge >= 0.3 is 0 Å². The molecule has 0 atom stereocenters. The molecule has 2 fully saturated rings. The zero-order valence-electron chi connectivity index (χ0n) is 8.87. The zero-order valence-corrected chi connectivity index (χ0v) is 10.6. The molecule has 1 amide bonds. The van der Waals surface area contributed by atoms with Crippen molar-refractivity contribution in [2.45, 2.75) is 19.3 Å². The molecule has 0 saturated carbocycles. The molecule has 0 aromatic rings. The van der Waals surface area contributed by atoms with E-state index in [1.807, 2.05) is 0 Å². The van der Waals surface area contributed by atoms with Crippen LogP contribution < -0.4 is 5.32 Å². The van der Waals surface area contributed by atoms with Gasteiger partial charge in [-0.15, -0.1) is 11.7 Å². The number of carbonyl (C=O) groups is 1. The van der Waals surface area contributed by atoms with Crippen LogP contribution in [0.4, 0.5) is 0 Å². The Kier molecular flexibility index (Phi) is 3.85. The summed E-state index contributed by atoms with van der Waals surface area (Å²) in [6.45, 7) is 4.13. The molecule has 2 saturated heterocycles. The lowest BCUT2D eigenvalue weighted by Crippen LogP contribution is -2.44. The van der Waals surface area contributed by atoms with Crippen LogP contribution in [0.5, 0.6) is 0 Å². The molecule has 2 rings (SSSR count). The third kappa shape index (κ3) is 2.45. The van der Waals surface area contributed by atoms with Crippen molar-refractivity contribution in [2.75, 3.05) is 31.9 Å². The molecule has 0 bridgehead atoms. The summed E-state index contributed by atoms with van der Waals surface area (Å²) in [7, 11) is 1.59. The molecule has 2 aliphatic heterocycles. The number of hydrogen-bond donors (Lipinski definition) is 2. The molecule has 1 spiro atoms. The average Bonchev–Trinajstić information content (AvgIpc) is 2.60. The van der Waals surface area contributed by atoms with Gasteiger partial charge in [-0.1, -0.05) is 10.8 Å². The summed E-state index contributed by atoms with van der Waals surface area (Å²) in [5.41, 5.74) is -0.00932. The van der Waals surface area contributed by atoms with E-state index in [1.165, 1.54) is 0 Å². The van der Waals surface area contributed by atoms with Crippen molar-refractivity contribution in [3.05, 3.63) is 0 Å². The second-order valence-corrected chi connectivity index (χ2v) is 5.90. The summed E-state index contributed by atoms with van der Waals surface area (Å²) in [6.07, 6.45) is 3.12. The lowest BCUT2D eigenvalue weighted by Gasteiger charge is -2.37. The van der Waals surface area contributed by atoms with Crippen molar-refractivity contribution in [1.82, 2.24) is 10.2 Å². The normalized spacial score (nSPS) is 25.8. The van der Waals surface area contributed by atoms with Gasteiger partial charge < -0.3 is 10.2 Å². The minimum absolute atomic E-state index is 0.00932. The van der Waals surface area contributed by atoms with Crippen LogP contribution in [0.25, 0.3) is 0 Å². The van der Waals surface area contributed by atoms with Crippen LogP contribution >= 0.6 is 22.5 Å². The standard InChI is InChI=1S/C10H18N2OS2/c13-9-10(1-4-11-9)2-5-12(6-3-10)7-8-15-14/h14H,1-8H2,(H,11,13). The fourth-order valence-corrected chi connectivity index (χ4v) is 3.15. The van der Waals surface area contributed by atoms with Gasteiger partial charge in [0.1, 0.15) is 0 Å². The molecular formula is C10H18N2OS2. The van der Waals surface area contributed by atoms with Crippen LogP contribution in [-0.2, 0) is 4.79 Å². The molecule has 5 heteroatoms. The van der Waals surface area contributed by atoms with Gasteiger partial charge in [-0.2, -0.15) is 0 Å². The Hall–Kier alpha value is 0.130. The van der Waals surface area contributed by atoms with E-state index in [1.54, 1.807) is 10.8 Å². The van der Waals surface area contributed by atoms with Gasteiger partial charge in [0.15, 0.2) is 0 Å². The molecule has 15 heavy (non-hydrogen) atoms.